The van der Waals surface area contributed by atoms with E-state index in [1.54, 1.807) is 36.4 Å². The highest BCUT2D eigenvalue weighted by Crippen LogP contribution is 2.37. The van der Waals surface area contributed by atoms with E-state index in [-0.39, 0.29) is 23.0 Å². The Kier molecular flexibility index (Phi) is 22.5. The van der Waals surface area contributed by atoms with Crippen molar-refractivity contribution in [2.75, 3.05) is 18.4 Å². The van der Waals surface area contributed by atoms with Crippen LogP contribution in [0.1, 0.15) is 139 Å². The summed E-state index contributed by atoms with van der Waals surface area (Å²) in [6, 6.07) is 16.9. The van der Waals surface area contributed by atoms with Crippen LogP contribution in [0.15, 0.2) is 91.1 Å². The molecule has 0 heterocycles. The molecular formula is C47H68N2O3. The van der Waals surface area contributed by atoms with Crippen LogP contribution in [-0.2, 0) is 6.42 Å². The van der Waals surface area contributed by atoms with E-state index in [0.717, 1.165) is 24.3 Å². The number of carbonyl (C=O) groups is 1. The molecule has 1 unspecified atom stereocenters. The molecule has 0 saturated heterocycles. The first-order chi connectivity index (χ1) is 24.9. The first-order valence-electron chi connectivity index (χ1n) is 19.3. The molecule has 4 N–H and O–H groups in total. The molecular weight excluding hydrogens is 641 g/mol. The Morgan fingerprint density at radius 1 is 0.865 bits per heavy atom. The predicted molar refractivity (Wildman–Crippen MR) is 228 cm³/mol. The van der Waals surface area contributed by atoms with Gasteiger partial charge >= 0.3 is 0 Å². The van der Waals surface area contributed by atoms with Crippen molar-refractivity contribution in [1.29, 1.82) is 0 Å². The molecule has 52 heavy (non-hydrogen) atoms. The van der Waals surface area contributed by atoms with Gasteiger partial charge in [0.15, 0.2) is 0 Å². The first kappa shape index (κ1) is 45.7. The van der Waals surface area contributed by atoms with Gasteiger partial charge in [0.2, 0.25) is 0 Å². The van der Waals surface area contributed by atoms with Gasteiger partial charge in [0.05, 0.1) is 5.56 Å². The van der Waals surface area contributed by atoms with Gasteiger partial charge < -0.3 is 20.8 Å². The molecule has 3 rings (SSSR count). The Bertz CT molecular complexity index is 1590. The van der Waals surface area contributed by atoms with Crippen molar-refractivity contribution in [3.05, 3.63) is 124 Å². The standard InChI is InChI=1S/C34H37NO3.C7H16.C6H15N/c1-7-10-27(11-8-2)33-31(36)20-29(21-32(33)37)35-34(38)28-16-14-25(15-17-28)18-26-13-12-23(5)30(19-26)24(6)22(4)9-3;1-4-6-7(3)5-2;1-3-5-7-6-4-2/h7-8,10-17,19-21,36-37H,1,9,18H2,2-6H3,(H,35,38);7H,4-6H2,1-3H3;7H,3-6H2,1-2H3/b11-8-,24-22-,27-10+;;. The third-order valence-electron chi connectivity index (χ3n) is 9.12. The highest BCUT2D eigenvalue weighted by atomic mass is 16.3. The Balaban J connectivity index is 0.000000812. The van der Waals surface area contributed by atoms with Crippen LogP contribution in [0.25, 0.3) is 11.1 Å². The molecule has 0 aliphatic carbocycles. The van der Waals surface area contributed by atoms with E-state index in [0.29, 0.717) is 16.8 Å². The summed E-state index contributed by atoms with van der Waals surface area (Å²) in [4.78, 5) is 12.9. The van der Waals surface area contributed by atoms with Crippen molar-refractivity contribution < 1.29 is 15.0 Å². The number of rotatable bonds is 16. The molecule has 0 aromatic heterocycles. The number of hydrogen-bond donors (Lipinski definition) is 4. The van der Waals surface area contributed by atoms with Crippen molar-refractivity contribution in [1.82, 2.24) is 5.32 Å². The summed E-state index contributed by atoms with van der Waals surface area (Å²) in [5.41, 5.74) is 9.28. The summed E-state index contributed by atoms with van der Waals surface area (Å²) < 4.78 is 0. The summed E-state index contributed by atoms with van der Waals surface area (Å²) in [7, 11) is 0. The van der Waals surface area contributed by atoms with Crippen LogP contribution < -0.4 is 10.6 Å². The smallest absolute Gasteiger partial charge is 0.255 e. The number of phenolic OH excluding ortho intramolecular Hbond substituents is 2. The summed E-state index contributed by atoms with van der Waals surface area (Å²) in [6.07, 6.45) is 15.2. The largest absolute Gasteiger partial charge is 0.507 e. The Morgan fingerprint density at radius 2 is 1.46 bits per heavy atom. The summed E-state index contributed by atoms with van der Waals surface area (Å²) in [5, 5.41) is 27.1. The van der Waals surface area contributed by atoms with E-state index in [1.165, 1.54) is 85.2 Å². The maximum atomic E-state index is 12.9. The molecule has 5 heteroatoms. The number of aryl methyl sites for hydroxylation is 1. The van der Waals surface area contributed by atoms with E-state index in [2.05, 4.69) is 97.7 Å². The lowest BCUT2D eigenvalue weighted by atomic mass is 9.93. The zero-order chi connectivity index (χ0) is 39.1. The molecule has 0 aliphatic rings. The lowest BCUT2D eigenvalue weighted by Crippen LogP contribution is -2.14. The molecule has 0 spiro atoms. The molecule has 0 bridgehead atoms. The summed E-state index contributed by atoms with van der Waals surface area (Å²) >= 11 is 0. The number of phenols is 2. The highest BCUT2D eigenvalue weighted by molar-refractivity contribution is 6.04. The Morgan fingerprint density at radius 3 is 1.94 bits per heavy atom. The van der Waals surface area contributed by atoms with Gasteiger partial charge in [-0.3, -0.25) is 4.79 Å². The maximum absolute atomic E-state index is 12.9. The van der Waals surface area contributed by atoms with E-state index >= 15 is 0 Å². The predicted octanol–water partition coefficient (Wildman–Crippen LogP) is 12.8. The number of allylic oxidation sites excluding steroid dienone is 7. The second-order valence-electron chi connectivity index (χ2n) is 13.5. The number of hydrogen-bond acceptors (Lipinski definition) is 4. The van der Waals surface area contributed by atoms with Crippen molar-refractivity contribution in [3.63, 3.8) is 0 Å². The van der Waals surface area contributed by atoms with Gasteiger partial charge in [-0.1, -0.05) is 128 Å². The molecule has 1 amide bonds. The number of carbonyl (C=O) groups excluding carboxylic acids is 1. The zero-order valence-electron chi connectivity index (χ0n) is 34.0. The minimum Gasteiger partial charge on any atom is -0.507 e. The number of aromatic hydroxyl groups is 2. The minimum atomic E-state index is -0.327. The third kappa shape index (κ3) is 15.9. The van der Waals surface area contributed by atoms with Crippen molar-refractivity contribution >= 4 is 22.7 Å². The molecule has 5 nitrogen and oxygen atoms in total. The molecule has 3 aromatic rings. The van der Waals surface area contributed by atoms with Gasteiger partial charge in [-0.2, -0.15) is 0 Å². The van der Waals surface area contributed by atoms with E-state index < -0.39 is 0 Å². The Labute approximate surface area is 316 Å². The fourth-order valence-electron chi connectivity index (χ4n) is 5.58. The van der Waals surface area contributed by atoms with Crippen LogP contribution in [0.4, 0.5) is 5.69 Å². The fraction of sp³-hybridized carbons (Fsp3) is 0.426. The number of anilines is 1. The number of amides is 1. The molecule has 0 fully saturated rings. The third-order valence-corrected chi connectivity index (χ3v) is 9.12. The van der Waals surface area contributed by atoms with Crippen LogP contribution in [0, 0.1) is 12.8 Å². The molecule has 3 aromatic carbocycles. The number of nitrogens with one attached hydrogen (secondary N) is 2. The van der Waals surface area contributed by atoms with Gasteiger partial charge in [0.1, 0.15) is 11.5 Å². The minimum absolute atomic E-state index is 0.140. The average molecular weight is 709 g/mol. The van der Waals surface area contributed by atoms with Crippen LogP contribution in [0.2, 0.25) is 0 Å². The highest BCUT2D eigenvalue weighted by Gasteiger charge is 2.15. The zero-order valence-corrected chi connectivity index (χ0v) is 34.0. The topological polar surface area (TPSA) is 81.6 Å². The van der Waals surface area contributed by atoms with Gasteiger partial charge in [-0.25, -0.2) is 0 Å². The quantitative estimate of drug-likeness (QED) is 0.0882. The van der Waals surface area contributed by atoms with Crippen LogP contribution in [-0.4, -0.2) is 29.2 Å². The van der Waals surface area contributed by atoms with Crippen molar-refractivity contribution in [2.45, 2.75) is 114 Å². The lowest BCUT2D eigenvalue weighted by molar-refractivity contribution is 0.102. The molecule has 0 radical (unpaired) electrons. The maximum Gasteiger partial charge on any atom is 0.255 e. The van der Waals surface area contributed by atoms with E-state index in [9.17, 15) is 15.0 Å². The normalized spacial score (nSPS) is 12.2. The average Bonchev–Trinajstić information content (AvgIpc) is 3.12. The second kappa shape index (κ2) is 25.6. The van der Waals surface area contributed by atoms with Crippen LogP contribution in [0.3, 0.4) is 0 Å². The van der Waals surface area contributed by atoms with Gasteiger partial charge in [0, 0.05) is 23.4 Å². The monoisotopic (exact) mass is 709 g/mol. The molecule has 0 saturated carbocycles. The summed E-state index contributed by atoms with van der Waals surface area (Å²) in [6.45, 7) is 27.7. The van der Waals surface area contributed by atoms with Gasteiger partial charge in [0.25, 0.3) is 5.91 Å². The second-order valence-corrected chi connectivity index (χ2v) is 13.5. The fourth-order valence-corrected chi connectivity index (χ4v) is 5.58. The SMILES string of the molecule is C=C/C=C(\C=C/C)c1c(O)cc(NC(=O)c2ccc(Cc3ccc(C)c(/C(C)=C(/C)CC)c3)cc2)cc1O.CCCC(C)CC.CCCNCCC. The molecule has 1 atom stereocenters. The van der Waals surface area contributed by atoms with E-state index in [1.807, 2.05) is 19.1 Å². The number of benzene rings is 3. The Hall–Kier alpha value is -4.35. The molecule has 284 valence electrons. The van der Waals surface area contributed by atoms with Crippen molar-refractivity contribution in [2.24, 2.45) is 5.92 Å². The van der Waals surface area contributed by atoms with Gasteiger partial charge in [-0.05, 0) is 118 Å². The lowest BCUT2D eigenvalue weighted by Gasteiger charge is -2.13. The van der Waals surface area contributed by atoms with Crippen LogP contribution >= 0.6 is 0 Å². The van der Waals surface area contributed by atoms with Gasteiger partial charge in [-0.15, -0.1) is 0 Å². The van der Waals surface area contributed by atoms with Crippen LogP contribution in [0.5, 0.6) is 11.5 Å². The summed E-state index contributed by atoms with van der Waals surface area (Å²) in [5.74, 6) is 0.342. The van der Waals surface area contributed by atoms with Crippen molar-refractivity contribution in [3.8, 4) is 11.5 Å². The first-order valence-corrected chi connectivity index (χ1v) is 19.3. The molecule has 0 aliphatic heterocycles. The van der Waals surface area contributed by atoms with E-state index in [4.69, 9.17) is 0 Å².